The van der Waals surface area contributed by atoms with E-state index in [4.69, 9.17) is 5.73 Å². The molecule has 1 aliphatic rings. The van der Waals surface area contributed by atoms with Crippen molar-refractivity contribution in [3.63, 3.8) is 0 Å². The summed E-state index contributed by atoms with van der Waals surface area (Å²) in [6.07, 6.45) is 5.36. The molecule has 2 N–H and O–H groups in total. The van der Waals surface area contributed by atoms with Crippen molar-refractivity contribution in [3.8, 4) is 0 Å². The minimum atomic E-state index is -3.46. The maximum atomic E-state index is 12.3. The van der Waals surface area contributed by atoms with Crippen molar-refractivity contribution in [2.45, 2.75) is 62.4 Å². The first kappa shape index (κ1) is 13.5. The van der Waals surface area contributed by atoms with E-state index >= 15 is 0 Å². The third kappa shape index (κ3) is 2.39. The van der Waals surface area contributed by atoms with Gasteiger partial charge in [0.15, 0.2) is 9.84 Å². The number of hydrogen-bond donors (Lipinski definition) is 1. The topological polar surface area (TPSA) is 77.2 Å². The smallest absolute Gasteiger partial charge is 0.238 e. The monoisotopic (exact) mass is 247 g/mol. The van der Waals surface area contributed by atoms with Crippen LogP contribution in [0.15, 0.2) is 0 Å². The summed E-state index contributed by atoms with van der Waals surface area (Å²) >= 11 is 0. The van der Waals surface area contributed by atoms with E-state index in [1.165, 1.54) is 13.8 Å². The maximum Gasteiger partial charge on any atom is 0.238 e. The Morgan fingerprint density at radius 1 is 1.12 bits per heavy atom. The first-order chi connectivity index (χ1) is 7.30. The molecule has 94 valence electrons. The molecule has 0 saturated heterocycles. The van der Waals surface area contributed by atoms with Gasteiger partial charge in [-0.1, -0.05) is 25.7 Å². The van der Waals surface area contributed by atoms with Gasteiger partial charge < -0.3 is 5.73 Å². The highest BCUT2D eigenvalue weighted by Crippen LogP contribution is 2.30. The van der Waals surface area contributed by atoms with Crippen LogP contribution in [0.4, 0.5) is 0 Å². The van der Waals surface area contributed by atoms with Crippen molar-refractivity contribution < 1.29 is 13.2 Å². The van der Waals surface area contributed by atoms with E-state index in [1.807, 2.05) is 0 Å². The zero-order valence-corrected chi connectivity index (χ0v) is 10.8. The first-order valence-electron chi connectivity index (χ1n) is 5.83. The molecule has 0 aromatic heterocycles. The Kier molecular flexibility index (Phi) is 3.99. The number of nitrogens with two attached hydrogens (primary N) is 1. The van der Waals surface area contributed by atoms with Gasteiger partial charge >= 0.3 is 0 Å². The zero-order valence-electron chi connectivity index (χ0n) is 10.0. The molecule has 0 heterocycles. The van der Waals surface area contributed by atoms with Crippen LogP contribution < -0.4 is 5.73 Å². The standard InChI is InChI=1S/C11H21NO3S/c1-11(2,10(12)13)16(14,15)9-7-5-3-4-6-8-9/h9H,3-8H2,1-2H3,(H2,12,13). The van der Waals surface area contributed by atoms with Gasteiger partial charge in [0, 0.05) is 0 Å². The summed E-state index contributed by atoms with van der Waals surface area (Å²) in [5.41, 5.74) is 5.18. The Morgan fingerprint density at radius 3 is 1.94 bits per heavy atom. The zero-order chi connectivity index (χ0) is 12.4. The predicted molar refractivity (Wildman–Crippen MR) is 63.7 cm³/mol. The Bertz CT molecular complexity index is 351. The van der Waals surface area contributed by atoms with E-state index in [1.54, 1.807) is 0 Å². The fourth-order valence-electron chi connectivity index (χ4n) is 2.11. The number of amides is 1. The summed E-state index contributed by atoms with van der Waals surface area (Å²) in [5, 5.41) is -0.391. The van der Waals surface area contributed by atoms with E-state index in [0.29, 0.717) is 12.8 Å². The predicted octanol–water partition coefficient (Wildman–Crippen LogP) is 1.39. The largest absolute Gasteiger partial charge is 0.368 e. The van der Waals surface area contributed by atoms with Crippen LogP contribution in [-0.2, 0) is 14.6 Å². The molecule has 1 rings (SSSR count). The van der Waals surface area contributed by atoms with E-state index in [0.717, 1.165) is 25.7 Å². The highest BCUT2D eigenvalue weighted by atomic mass is 32.2. The van der Waals surface area contributed by atoms with Gasteiger partial charge in [0.1, 0.15) is 4.75 Å². The molecule has 0 spiro atoms. The number of carbonyl (C=O) groups excluding carboxylic acids is 1. The highest BCUT2D eigenvalue weighted by Gasteiger charge is 2.44. The molecule has 0 radical (unpaired) electrons. The van der Waals surface area contributed by atoms with Gasteiger partial charge in [-0.2, -0.15) is 0 Å². The molecular formula is C11H21NO3S. The fraction of sp³-hybridized carbons (Fsp3) is 0.909. The quantitative estimate of drug-likeness (QED) is 0.765. The summed E-state index contributed by atoms with van der Waals surface area (Å²) in [4.78, 5) is 11.2. The molecule has 1 saturated carbocycles. The van der Waals surface area contributed by atoms with Gasteiger partial charge in [0.2, 0.25) is 5.91 Å². The van der Waals surface area contributed by atoms with Crippen molar-refractivity contribution in [1.82, 2.24) is 0 Å². The third-order valence-corrected chi connectivity index (χ3v) is 6.52. The van der Waals surface area contributed by atoms with Crippen LogP contribution in [0.1, 0.15) is 52.4 Å². The van der Waals surface area contributed by atoms with Crippen LogP contribution in [0.25, 0.3) is 0 Å². The summed E-state index contributed by atoms with van der Waals surface area (Å²) in [6.45, 7) is 2.82. The molecule has 0 unspecified atom stereocenters. The van der Waals surface area contributed by atoms with Gasteiger partial charge in [0.25, 0.3) is 0 Å². The number of sulfone groups is 1. The van der Waals surface area contributed by atoms with Crippen LogP contribution in [0.5, 0.6) is 0 Å². The van der Waals surface area contributed by atoms with E-state index < -0.39 is 25.7 Å². The summed E-state index contributed by atoms with van der Waals surface area (Å²) in [5.74, 6) is -0.753. The minimum Gasteiger partial charge on any atom is -0.368 e. The number of hydrogen-bond acceptors (Lipinski definition) is 3. The summed E-state index contributed by atoms with van der Waals surface area (Å²) in [6, 6.07) is 0. The van der Waals surface area contributed by atoms with Gasteiger partial charge in [0.05, 0.1) is 5.25 Å². The average molecular weight is 247 g/mol. The average Bonchev–Trinajstić information content (AvgIpc) is 2.45. The second kappa shape index (κ2) is 4.73. The van der Waals surface area contributed by atoms with Crippen molar-refractivity contribution in [3.05, 3.63) is 0 Å². The van der Waals surface area contributed by atoms with E-state index in [2.05, 4.69) is 0 Å². The Hall–Kier alpha value is -0.580. The molecule has 0 aliphatic heterocycles. The van der Waals surface area contributed by atoms with E-state index in [9.17, 15) is 13.2 Å². The van der Waals surface area contributed by atoms with Gasteiger partial charge in [-0.05, 0) is 26.7 Å². The highest BCUT2D eigenvalue weighted by molar-refractivity contribution is 7.94. The van der Waals surface area contributed by atoms with Gasteiger partial charge in [-0.3, -0.25) is 4.79 Å². The van der Waals surface area contributed by atoms with Crippen molar-refractivity contribution in [2.24, 2.45) is 5.73 Å². The molecule has 16 heavy (non-hydrogen) atoms. The fourth-order valence-corrected chi connectivity index (χ4v) is 4.18. The molecule has 5 heteroatoms. The molecular weight excluding hydrogens is 226 g/mol. The second-order valence-corrected chi connectivity index (χ2v) is 7.81. The van der Waals surface area contributed by atoms with Crippen LogP contribution in [0.3, 0.4) is 0 Å². The van der Waals surface area contributed by atoms with Gasteiger partial charge in [-0.15, -0.1) is 0 Å². The maximum absolute atomic E-state index is 12.3. The molecule has 1 aliphatic carbocycles. The Balaban J connectivity index is 2.96. The lowest BCUT2D eigenvalue weighted by Gasteiger charge is -2.26. The molecule has 0 aromatic carbocycles. The second-order valence-electron chi connectivity index (χ2n) is 5.03. The minimum absolute atomic E-state index is 0.391. The van der Waals surface area contributed by atoms with Gasteiger partial charge in [-0.25, -0.2) is 8.42 Å². The molecule has 0 bridgehead atoms. The lowest BCUT2D eigenvalue weighted by molar-refractivity contribution is -0.119. The normalized spacial score (nSPS) is 20.4. The molecule has 0 atom stereocenters. The Morgan fingerprint density at radius 2 is 1.56 bits per heavy atom. The lowest BCUT2D eigenvalue weighted by atomic mass is 10.2. The molecule has 1 amide bonds. The Labute approximate surface area is 97.5 Å². The van der Waals surface area contributed by atoms with Crippen molar-refractivity contribution >= 4 is 15.7 Å². The number of carbonyl (C=O) groups is 1. The van der Waals surface area contributed by atoms with Crippen LogP contribution in [0, 0.1) is 0 Å². The number of rotatable bonds is 3. The summed E-state index contributed by atoms with van der Waals surface area (Å²) in [7, 11) is -3.46. The van der Waals surface area contributed by atoms with Crippen molar-refractivity contribution in [1.29, 1.82) is 0 Å². The van der Waals surface area contributed by atoms with Crippen LogP contribution in [0.2, 0.25) is 0 Å². The van der Waals surface area contributed by atoms with Crippen molar-refractivity contribution in [2.75, 3.05) is 0 Å². The lowest BCUT2D eigenvalue weighted by Crippen LogP contribution is -2.49. The number of primary amides is 1. The SMILES string of the molecule is CC(C)(C(N)=O)S(=O)(=O)C1CCCCCC1. The molecule has 1 fully saturated rings. The molecule has 0 aromatic rings. The van der Waals surface area contributed by atoms with Crippen LogP contribution >= 0.6 is 0 Å². The third-order valence-electron chi connectivity index (χ3n) is 3.55. The first-order valence-corrected chi connectivity index (χ1v) is 7.38. The van der Waals surface area contributed by atoms with Crippen LogP contribution in [-0.4, -0.2) is 24.3 Å². The molecule has 4 nitrogen and oxygen atoms in total. The summed E-state index contributed by atoms with van der Waals surface area (Å²) < 4.78 is 23.2. The van der Waals surface area contributed by atoms with E-state index in [-0.39, 0.29) is 0 Å².